The van der Waals surface area contributed by atoms with Gasteiger partial charge in [-0.05, 0) is 31.4 Å². The van der Waals surface area contributed by atoms with E-state index in [0.29, 0.717) is 5.92 Å². The Labute approximate surface area is 91.3 Å². The smallest absolute Gasteiger partial charge is 0.115 e. The van der Waals surface area contributed by atoms with Crippen molar-refractivity contribution in [1.82, 2.24) is 15.3 Å². The average molecular weight is 205 g/mol. The molecule has 0 radical (unpaired) electrons. The fourth-order valence-corrected chi connectivity index (χ4v) is 2.42. The summed E-state index contributed by atoms with van der Waals surface area (Å²) in [6.45, 7) is 5.72. The second-order valence-electron chi connectivity index (χ2n) is 4.72. The Morgan fingerprint density at radius 3 is 2.93 bits per heavy atom. The molecule has 0 bridgehead atoms. The van der Waals surface area contributed by atoms with Gasteiger partial charge in [0.05, 0.1) is 0 Å². The predicted molar refractivity (Wildman–Crippen MR) is 60.5 cm³/mol. The van der Waals surface area contributed by atoms with Gasteiger partial charge in [-0.1, -0.05) is 13.8 Å². The van der Waals surface area contributed by atoms with Crippen molar-refractivity contribution >= 4 is 0 Å². The van der Waals surface area contributed by atoms with Gasteiger partial charge in [0.25, 0.3) is 0 Å². The molecule has 1 unspecified atom stereocenters. The van der Waals surface area contributed by atoms with Crippen molar-refractivity contribution < 1.29 is 0 Å². The van der Waals surface area contributed by atoms with Gasteiger partial charge in [-0.25, -0.2) is 9.97 Å². The largest absolute Gasteiger partial charge is 0.311 e. The quantitative estimate of drug-likeness (QED) is 0.817. The molecule has 3 nitrogen and oxygen atoms in total. The molecule has 0 amide bonds. The fourth-order valence-electron chi connectivity index (χ4n) is 2.42. The number of hydrogen-bond acceptors (Lipinski definition) is 3. The van der Waals surface area contributed by atoms with Crippen LogP contribution in [0.4, 0.5) is 0 Å². The van der Waals surface area contributed by atoms with E-state index in [1.165, 1.54) is 12.8 Å². The molecule has 1 fully saturated rings. The van der Waals surface area contributed by atoms with Crippen LogP contribution in [0.3, 0.4) is 0 Å². The molecular formula is C12H19N3. The molecule has 15 heavy (non-hydrogen) atoms. The lowest BCUT2D eigenvalue weighted by atomic mass is 9.81. The van der Waals surface area contributed by atoms with Crippen molar-refractivity contribution in [3.8, 4) is 0 Å². The van der Waals surface area contributed by atoms with Crippen molar-refractivity contribution in [2.45, 2.75) is 38.6 Å². The van der Waals surface area contributed by atoms with E-state index >= 15 is 0 Å². The Morgan fingerprint density at radius 1 is 1.53 bits per heavy atom. The van der Waals surface area contributed by atoms with Crippen molar-refractivity contribution in [2.24, 2.45) is 5.92 Å². The molecule has 82 valence electrons. The number of rotatable bonds is 3. The predicted octanol–water partition coefficient (Wildman–Crippen LogP) is 1.80. The highest BCUT2D eigenvalue weighted by Gasteiger charge is 2.36. The topological polar surface area (TPSA) is 37.8 Å². The number of hydrogen-bond donors (Lipinski definition) is 1. The first-order chi connectivity index (χ1) is 7.23. The van der Waals surface area contributed by atoms with Crippen molar-refractivity contribution in [3.63, 3.8) is 0 Å². The van der Waals surface area contributed by atoms with E-state index in [0.717, 1.165) is 18.7 Å². The molecule has 2 rings (SSSR count). The average Bonchev–Trinajstić information content (AvgIpc) is 2.69. The van der Waals surface area contributed by atoms with E-state index in [-0.39, 0.29) is 5.54 Å². The van der Waals surface area contributed by atoms with Gasteiger partial charge in [-0.15, -0.1) is 0 Å². The summed E-state index contributed by atoms with van der Waals surface area (Å²) in [5.74, 6) is 0.648. The highest BCUT2D eigenvalue weighted by molar-refractivity contribution is 5.08. The number of aromatic nitrogens is 2. The lowest BCUT2D eigenvalue weighted by Gasteiger charge is -2.33. The molecule has 0 spiro atoms. The molecule has 1 aromatic rings. The maximum absolute atomic E-state index is 4.32. The van der Waals surface area contributed by atoms with E-state index in [9.17, 15) is 0 Å². The Morgan fingerprint density at radius 2 is 2.40 bits per heavy atom. The second kappa shape index (κ2) is 4.27. The van der Waals surface area contributed by atoms with Crippen LogP contribution >= 0.6 is 0 Å². The molecular weight excluding hydrogens is 186 g/mol. The van der Waals surface area contributed by atoms with Crippen molar-refractivity contribution in [1.29, 1.82) is 0 Å². The minimum Gasteiger partial charge on any atom is -0.311 e. The van der Waals surface area contributed by atoms with Crippen LogP contribution in [0, 0.1) is 5.92 Å². The number of nitrogens with zero attached hydrogens (tertiary/aromatic N) is 2. The summed E-state index contributed by atoms with van der Waals surface area (Å²) >= 11 is 0. The molecule has 1 aromatic heterocycles. The van der Waals surface area contributed by atoms with Gasteiger partial charge >= 0.3 is 0 Å². The van der Waals surface area contributed by atoms with E-state index in [4.69, 9.17) is 0 Å². The normalized spacial score (nSPS) is 26.1. The summed E-state index contributed by atoms with van der Waals surface area (Å²) in [7, 11) is 0. The maximum atomic E-state index is 4.32. The maximum Gasteiger partial charge on any atom is 0.115 e. The molecule has 1 atom stereocenters. The van der Waals surface area contributed by atoms with Crippen molar-refractivity contribution in [2.75, 3.05) is 6.54 Å². The summed E-state index contributed by atoms with van der Waals surface area (Å²) in [6, 6.07) is 2.02. The van der Waals surface area contributed by atoms with Gasteiger partial charge < -0.3 is 5.32 Å². The molecule has 1 N–H and O–H groups in total. The first kappa shape index (κ1) is 10.6. The standard InChI is InChI=1S/C12H19N3/c1-10(2)12(5-3-6-15-12)8-11-4-7-13-9-14-11/h4,7,9-10,15H,3,5-6,8H2,1-2H3. The summed E-state index contributed by atoms with van der Waals surface area (Å²) in [4.78, 5) is 8.27. The minimum absolute atomic E-state index is 0.258. The third-order valence-electron chi connectivity index (χ3n) is 3.52. The third kappa shape index (κ3) is 2.17. The summed E-state index contributed by atoms with van der Waals surface area (Å²) in [6.07, 6.45) is 7.02. The summed E-state index contributed by atoms with van der Waals surface area (Å²) in [5.41, 5.74) is 1.40. The second-order valence-corrected chi connectivity index (χ2v) is 4.72. The molecule has 1 saturated heterocycles. The summed E-state index contributed by atoms with van der Waals surface area (Å²) in [5, 5.41) is 3.66. The van der Waals surface area contributed by atoms with Crippen LogP contribution in [0.5, 0.6) is 0 Å². The molecule has 0 aliphatic carbocycles. The van der Waals surface area contributed by atoms with Crippen LogP contribution in [0.15, 0.2) is 18.6 Å². The first-order valence-corrected chi connectivity index (χ1v) is 5.73. The van der Waals surface area contributed by atoms with Crippen molar-refractivity contribution in [3.05, 3.63) is 24.3 Å². The monoisotopic (exact) mass is 205 g/mol. The lowest BCUT2D eigenvalue weighted by Crippen LogP contribution is -2.46. The Hall–Kier alpha value is -0.960. The van der Waals surface area contributed by atoms with E-state index in [1.54, 1.807) is 6.33 Å². The SMILES string of the molecule is CC(C)C1(Cc2ccncn2)CCCN1. The van der Waals surface area contributed by atoms with E-state index < -0.39 is 0 Å². The zero-order valence-electron chi connectivity index (χ0n) is 9.53. The molecule has 0 aromatic carbocycles. The molecule has 2 heterocycles. The Balaban J connectivity index is 2.14. The van der Waals surface area contributed by atoms with Gasteiger partial charge in [0.2, 0.25) is 0 Å². The van der Waals surface area contributed by atoms with Crippen LogP contribution in [0.2, 0.25) is 0 Å². The van der Waals surface area contributed by atoms with E-state index in [1.807, 2.05) is 12.3 Å². The Kier molecular flexibility index (Phi) is 3.00. The van der Waals surface area contributed by atoms with Crippen LogP contribution in [-0.4, -0.2) is 22.1 Å². The number of nitrogens with one attached hydrogen (secondary N) is 1. The molecule has 3 heteroatoms. The molecule has 1 aliphatic rings. The molecule has 1 aliphatic heterocycles. The first-order valence-electron chi connectivity index (χ1n) is 5.73. The highest BCUT2D eigenvalue weighted by atomic mass is 15.0. The van der Waals surface area contributed by atoms with Crippen LogP contribution in [0.1, 0.15) is 32.4 Å². The third-order valence-corrected chi connectivity index (χ3v) is 3.52. The minimum atomic E-state index is 0.258. The lowest BCUT2D eigenvalue weighted by molar-refractivity contribution is 0.267. The van der Waals surface area contributed by atoms with Gasteiger partial charge in [-0.3, -0.25) is 0 Å². The zero-order chi connectivity index (χ0) is 10.7. The Bertz CT molecular complexity index is 302. The van der Waals surface area contributed by atoms with Gasteiger partial charge in [0.15, 0.2) is 0 Å². The van der Waals surface area contributed by atoms with Gasteiger partial charge in [0.1, 0.15) is 6.33 Å². The zero-order valence-corrected chi connectivity index (χ0v) is 9.53. The van der Waals surface area contributed by atoms with E-state index in [2.05, 4.69) is 29.1 Å². The fraction of sp³-hybridized carbons (Fsp3) is 0.667. The van der Waals surface area contributed by atoms with Crippen LogP contribution < -0.4 is 5.32 Å². The highest BCUT2D eigenvalue weighted by Crippen LogP contribution is 2.30. The molecule has 0 saturated carbocycles. The van der Waals surface area contributed by atoms with Crippen LogP contribution in [0.25, 0.3) is 0 Å². The van der Waals surface area contributed by atoms with Gasteiger partial charge in [-0.2, -0.15) is 0 Å². The summed E-state index contributed by atoms with van der Waals surface area (Å²) < 4.78 is 0. The van der Waals surface area contributed by atoms with Crippen LogP contribution in [-0.2, 0) is 6.42 Å². The van der Waals surface area contributed by atoms with Gasteiger partial charge in [0, 0.05) is 23.9 Å².